The number of halogens is 2. The van der Waals surface area contributed by atoms with E-state index in [1.807, 2.05) is 12.3 Å². The highest BCUT2D eigenvalue weighted by molar-refractivity contribution is 9.10. The molecule has 0 aliphatic rings. The van der Waals surface area contributed by atoms with E-state index in [2.05, 4.69) is 26.2 Å². The molecule has 0 radical (unpaired) electrons. The van der Waals surface area contributed by atoms with E-state index in [1.54, 1.807) is 11.0 Å². The van der Waals surface area contributed by atoms with Crippen LogP contribution in [0.2, 0.25) is 0 Å². The Balaban J connectivity index is 2.04. The summed E-state index contributed by atoms with van der Waals surface area (Å²) >= 11 is 4.74. The van der Waals surface area contributed by atoms with Gasteiger partial charge in [0.15, 0.2) is 5.13 Å². The molecule has 112 valence electrons. The number of aromatic nitrogens is 1. The van der Waals surface area contributed by atoms with Crippen molar-refractivity contribution in [2.75, 3.05) is 16.8 Å². The number of anilines is 2. The maximum atomic E-state index is 13.0. The molecule has 0 unspecified atom stereocenters. The molecule has 1 heterocycles. The van der Waals surface area contributed by atoms with Crippen LogP contribution in [0.1, 0.15) is 19.5 Å². The summed E-state index contributed by atoms with van der Waals surface area (Å²) in [5.74, 6) is -0.309. The van der Waals surface area contributed by atoms with Crippen molar-refractivity contribution in [1.82, 2.24) is 4.98 Å². The molecule has 0 bridgehead atoms. The zero-order chi connectivity index (χ0) is 15.4. The Kier molecular flexibility index (Phi) is 5.30. The van der Waals surface area contributed by atoms with Gasteiger partial charge in [0.25, 0.3) is 0 Å². The van der Waals surface area contributed by atoms with Crippen LogP contribution in [0.4, 0.5) is 15.2 Å². The van der Waals surface area contributed by atoms with Crippen LogP contribution >= 0.6 is 27.3 Å². The molecule has 0 saturated heterocycles. The van der Waals surface area contributed by atoms with Crippen LogP contribution in [0.5, 0.6) is 0 Å². The monoisotopic (exact) mass is 371 g/mol. The number of nitrogens with zero attached hydrogens (tertiary/aromatic N) is 2. The fraction of sp³-hybridized carbons (Fsp3) is 0.286. The zero-order valence-corrected chi connectivity index (χ0v) is 14.1. The SMILES string of the molecule is CCN(C(C)=O)c1nc(CNc2ccc(F)cc2Br)cs1. The summed E-state index contributed by atoms with van der Waals surface area (Å²) < 4.78 is 13.7. The smallest absolute Gasteiger partial charge is 0.225 e. The third kappa shape index (κ3) is 4.01. The number of carbonyl (C=O) groups excluding carboxylic acids is 1. The average Bonchev–Trinajstić information content (AvgIpc) is 2.87. The minimum Gasteiger partial charge on any atom is -0.378 e. The van der Waals surface area contributed by atoms with E-state index < -0.39 is 0 Å². The minimum atomic E-state index is -0.289. The second-order valence-electron chi connectivity index (χ2n) is 4.36. The van der Waals surface area contributed by atoms with Crippen LogP contribution in [0.15, 0.2) is 28.1 Å². The average molecular weight is 372 g/mol. The van der Waals surface area contributed by atoms with Gasteiger partial charge in [-0.15, -0.1) is 11.3 Å². The van der Waals surface area contributed by atoms with E-state index in [1.165, 1.54) is 30.4 Å². The first-order valence-electron chi connectivity index (χ1n) is 6.42. The molecule has 1 aromatic carbocycles. The highest BCUT2D eigenvalue weighted by Crippen LogP contribution is 2.25. The van der Waals surface area contributed by atoms with E-state index in [4.69, 9.17) is 0 Å². The topological polar surface area (TPSA) is 45.2 Å². The summed E-state index contributed by atoms with van der Waals surface area (Å²) in [6.45, 7) is 4.55. The quantitative estimate of drug-likeness (QED) is 0.862. The van der Waals surface area contributed by atoms with Gasteiger partial charge in [-0.3, -0.25) is 9.69 Å². The molecule has 2 rings (SSSR count). The maximum absolute atomic E-state index is 13.0. The van der Waals surface area contributed by atoms with Gasteiger partial charge >= 0.3 is 0 Å². The first-order chi connectivity index (χ1) is 10.0. The Morgan fingerprint density at radius 1 is 1.52 bits per heavy atom. The fourth-order valence-corrected chi connectivity index (χ4v) is 3.24. The van der Waals surface area contributed by atoms with E-state index in [-0.39, 0.29) is 11.7 Å². The van der Waals surface area contributed by atoms with Crippen LogP contribution < -0.4 is 10.2 Å². The highest BCUT2D eigenvalue weighted by atomic mass is 79.9. The van der Waals surface area contributed by atoms with Crippen molar-refractivity contribution < 1.29 is 9.18 Å². The van der Waals surface area contributed by atoms with Crippen molar-refractivity contribution in [3.05, 3.63) is 39.6 Å². The highest BCUT2D eigenvalue weighted by Gasteiger charge is 2.13. The first-order valence-corrected chi connectivity index (χ1v) is 8.10. The lowest BCUT2D eigenvalue weighted by atomic mass is 10.3. The van der Waals surface area contributed by atoms with Crippen molar-refractivity contribution in [1.29, 1.82) is 0 Å². The van der Waals surface area contributed by atoms with Gasteiger partial charge in [0.05, 0.1) is 12.2 Å². The number of hydrogen-bond acceptors (Lipinski definition) is 4. The van der Waals surface area contributed by atoms with E-state index in [0.717, 1.165) is 11.4 Å². The molecule has 0 aliphatic carbocycles. The molecule has 0 atom stereocenters. The molecule has 0 fully saturated rings. The van der Waals surface area contributed by atoms with Crippen molar-refractivity contribution in [3.63, 3.8) is 0 Å². The van der Waals surface area contributed by atoms with E-state index in [9.17, 15) is 9.18 Å². The fourth-order valence-electron chi connectivity index (χ4n) is 1.81. The van der Waals surface area contributed by atoms with E-state index >= 15 is 0 Å². The Morgan fingerprint density at radius 2 is 2.29 bits per heavy atom. The minimum absolute atomic E-state index is 0.0207. The van der Waals surface area contributed by atoms with Crippen molar-refractivity contribution in [2.45, 2.75) is 20.4 Å². The van der Waals surface area contributed by atoms with Crippen LogP contribution in [-0.4, -0.2) is 17.4 Å². The second-order valence-corrected chi connectivity index (χ2v) is 6.05. The molecule has 0 saturated carbocycles. The van der Waals surface area contributed by atoms with Crippen LogP contribution in [0, 0.1) is 5.82 Å². The van der Waals surface area contributed by atoms with Crippen molar-refractivity contribution >= 4 is 44.0 Å². The predicted molar refractivity (Wildman–Crippen MR) is 87.2 cm³/mol. The second kappa shape index (κ2) is 7.00. The summed E-state index contributed by atoms with van der Waals surface area (Å²) in [7, 11) is 0. The maximum Gasteiger partial charge on any atom is 0.225 e. The molecule has 2 aromatic rings. The number of carbonyl (C=O) groups is 1. The Morgan fingerprint density at radius 3 is 2.90 bits per heavy atom. The van der Waals surface area contributed by atoms with Crippen LogP contribution in [0.25, 0.3) is 0 Å². The molecule has 1 aromatic heterocycles. The van der Waals surface area contributed by atoms with Gasteiger partial charge in [-0.2, -0.15) is 0 Å². The number of thiazole rings is 1. The van der Waals surface area contributed by atoms with Gasteiger partial charge in [0.1, 0.15) is 5.82 Å². The third-order valence-corrected chi connectivity index (χ3v) is 4.43. The lowest BCUT2D eigenvalue weighted by Crippen LogP contribution is -2.27. The van der Waals surface area contributed by atoms with Gasteiger partial charge in [-0.05, 0) is 41.1 Å². The Labute approximate surface area is 135 Å². The van der Waals surface area contributed by atoms with Crippen molar-refractivity contribution in [2.24, 2.45) is 0 Å². The molecule has 7 heteroatoms. The molecular formula is C14H15BrFN3OS. The largest absolute Gasteiger partial charge is 0.378 e. The first kappa shape index (κ1) is 15.9. The number of hydrogen-bond donors (Lipinski definition) is 1. The van der Waals surface area contributed by atoms with Gasteiger partial charge < -0.3 is 5.32 Å². The third-order valence-electron chi connectivity index (χ3n) is 2.86. The lowest BCUT2D eigenvalue weighted by Gasteiger charge is -2.14. The Bertz CT molecular complexity index is 647. The number of nitrogens with one attached hydrogen (secondary N) is 1. The normalized spacial score (nSPS) is 10.5. The molecule has 21 heavy (non-hydrogen) atoms. The predicted octanol–water partition coefficient (Wildman–Crippen LogP) is 4.03. The zero-order valence-electron chi connectivity index (χ0n) is 11.7. The number of amides is 1. The van der Waals surface area contributed by atoms with Crippen molar-refractivity contribution in [3.8, 4) is 0 Å². The molecule has 1 N–H and O–H groups in total. The number of benzene rings is 1. The summed E-state index contributed by atoms with van der Waals surface area (Å²) in [5, 5.41) is 5.79. The molecule has 1 amide bonds. The molecule has 0 spiro atoms. The molecule has 4 nitrogen and oxygen atoms in total. The van der Waals surface area contributed by atoms with Gasteiger partial charge in [-0.1, -0.05) is 0 Å². The Hall–Kier alpha value is -1.47. The summed E-state index contributed by atoms with van der Waals surface area (Å²) in [6, 6.07) is 4.47. The number of rotatable bonds is 5. The van der Waals surface area contributed by atoms with Gasteiger partial charge in [0, 0.05) is 29.0 Å². The van der Waals surface area contributed by atoms with E-state index in [0.29, 0.717) is 22.7 Å². The molecular weight excluding hydrogens is 357 g/mol. The summed E-state index contributed by atoms with van der Waals surface area (Å²) in [4.78, 5) is 17.5. The van der Waals surface area contributed by atoms with Crippen LogP contribution in [0.3, 0.4) is 0 Å². The molecule has 0 aliphatic heterocycles. The summed E-state index contributed by atoms with van der Waals surface area (Å²) in [5.41, 5.74) is 1.63. The summed E-state index contributed by atoms with van der Waals surface area (Å²) in [6.07, 6.45) is 0. The van der Waals surface area contributed by atoms with Gasteiger partial charge in [0.2, 0.25) is 5.91 Å². The van der Waals surface area contributed by atoms with Crippen LogP contribution in [-0.2, 0) is 11.3 Å². The lowest BCUT2D eigenvalue weighted by molar-refractivity contribution is -0.116. The van der Waals surface area contributed by atoms with Gasteiger partial charge in [-0.25, -0.2) is 9.37 Å². The standard InChI is InChI=1S/C14H15BrFN3OS/c1-3-19(9(2)20)14-18-11(8-21-14)7-17-13-5-4-10(16)6-12(13)15/h4-6,8,17H,3,7H2,1-2H3.